The molecule has 0 fully saturated rings. The molecule has 0 bridgehead atoms. The summed E-state index contributed by atoms with van der Waals surface area (Å²) in [6, 6.07) is -1.39. The zero-order chi connectivity index (χ0) is 41.9. The van der Waals surface area contributed by atoms with Crippen molar-refractivity contribution in [1.82, 2.24) is 10.6 Å². The van der Waals surface area contributed by atoms with Crippen LogP contribution in [0.1, 0.15) is 194 Å². The fourth-order valence-electron chi connectivity index (χ4n) is 6.34. The van der Waals surface area contributed by atoms with E-state index >= 15 is 0 Å². The molecular formula is C48H82N2O7. The maximum absolute atomic E-state index is 12.8. The van der Waals surface area contributed by atoms with E-state index in [0.29, 0.717) is 12.8 Å². The van der Waals surface area contributed by atoms with Crippen molar-refractivity contribution >= 4 is 23.8 Å². The van der Waals surface area contributed by atoms with Crippen molar-refractivity contribution in [3.05, 3.63) is 60.8 Å². The first-order valence-corrected chi connectivity index (χ1v) is 22.7. The number of carbonyl (C=O) groups is 4. The number of esters is 1. The first kappa shape index (κ1) is 53.5. The van der Waals surface area contributed by atoms with E-state index in [2.05, 4.69) is 85.2 Å². The van der Waals surface area contributed by atoms with Crippen LogP contribution in [0.4, 0.5) is 0 Å². The minimum Gasteiger partial charge on any atom is -0.480 e. The second kappa shape index (κ2) is 42.2. The summed E-state index contributed by atoms with van der Waals surface area (Å²) in [6.07, 6.45) is 51.0. The SMILES string of the molecule is CC/C=C\C/C=C\C/C=C\C/C=C\C/C=C\CCCC(=O)OC(CCCCCCCCCCCCCC)CCCCCCCC(=O)NCC(=O)NC(CO)C(=O)O. The van der Waals surface area contributed by atoms with E-state index in [9.17, 15) is 19.2 Å². The third-order valence-corrected chi connectivity index (χ3v) is 9.78. The van der Waals surface area contributed by atoms with Gasteiger partial charge in [-0.2, -0.15) is 0 Å². The van der Waals surface area contributed by atoms with Crippen LogP contribution in [0.5, 0.6) is 0 Å². The Kier molecular flexibility index (Phi) is 39.6. The average molecular weight is 799 g/mol. The zero-order valence-corrected chi connectivity index (χ0v) is 36.1. The van der Waals surface area contributed by atoms with Crippen molar-refractivity contribution in [2.24, 2.45) is 0 Å². The van der Waals surface area contributed by atoms with E-state index in [4.69, 9.17) is 14.9 Å². The molecule has 0 saturated heterocycles. The quantitative estimate of drug-likeness (QED) is 0.0275. The Hall–Kier alpha value is -3.46. The van der Waals surface area contributed by atoms with E-state index in [1.54, 1.807) is 0 Å². The molecule has 9 nitrogen and oxygen atoms in total. The Morgan fingerprint density at radius 1 is 0.544 bits per heavy atom. The van der Waals surface area contributed by atoms with Crippen LogP contribution in [-0.4, -0.2) is 59.3 Å². The number of carbonyl (C=O) groups excluding carboxylic acids is 3. The minimum absolute atomic E-state index is 0.0437. The number of hydrogen-bond donors (Lipinski definition) is 4. The van der Waals surface area contributed by atoms with Gasteiger partial charge in [-0.05, 0) is 77.0 Å². The standard InChI is InChI=1S/C48H82N2O7/c1-3-5-7-9-11-13-15-17-18-19-20-21-23-25-27-32-36-40-47(54)57-43(37-33-29-26-24-22-16-14-12-10-8-6-4-2)38-34-30-28-31-35-39-45(52)49-41-46(53)50-44(42-51)48(55)56/h5,7,11,13,17-18,20-21,25,27,43-44,51H,3-4,6,8-10,12,14-16,19,22-24,26,28-42H2,1-2H3,(H,49,52)(H,50,53)(H,55,56)/b7-5-,13-11-,18-17-,21-20-,27-25-. The zero-order valence-electron chi connectivity index (χ0n) is 36.1. The lowest BCUT2D eigenvalue weighted by molar-refractivity contribution is -0.150. The molecule has 0 aliphatic heterocycles. The van der Waals surface area contributed by atoms with Gasteiger partial charge in [0, 0.05) is 12.8 Å². The van der Waals surface area contributed by atoms with Crippen LogP contribution in [0, 0.1) is 0 Å². The first-order valence-electron chi connectivity index (χ1n) is 22.7. The van der Waals surface area contributed by atoms with Gasteiger partial charge in [0.1, 0.15) is 12.1 Å². The van der Waals surface area contributed by atoms with Crippen LogP contribution in [0.25, 0.3) is 0 Å². The molecule has 0 aromatic rings. The number of aliphatic hydroxyl groups excluding tert-OH is 1. The summed E-state index contributed by atoms with van der Waals surface area (Å²) in [5, 5.41) is 22.6. The molecule has 0 rings (SSSR count). The van der Waals surface area contributed by atoms with E-state index < -0.39 is 24.5 Å². The van der Waals surface area contributed by atoms with Crippen LogP contribution in [0.3, 0.4) is 0 Å². The van der Waals surface area contributed by atoms with Crippen LogP contribution in [0.2, 0.25) is 0 Å². The molecule has 0 spiro atoms. The van der Waals surface area contributed by atoms with Crippen LogP contribution < -0.4 is 10.6 Å². The molecule has 2 atom stereocenters. The van der Waals surface area contributed by atoms with Gasteiger partial charge in [0.25, 0.3) is 0 Å². The van der Waals surface area contributed by atoms with E-state index in [1.165, 1.54) is 70.6 Å². The molecule has 2 unspecified atom stereocenters. The lowest BCUT2D eigenvalue weighted by Gasteiger charge is -2.18. The number of carboxylic acid groups (broad SMARTS) is 1. The van der Waals surface area contributed by atoms with E-state index in [-0.39, 0.29) is 30.9 Å². The molecule has 0 aliphatic rings. The number of aliphatic hydroxyl groups is 1. The third-order valence-electron chi connectivity index (χ3n) is 9.78. The largest absolute Gasteiger partial charge is 0.480 e. The number of amides is 2. The van der Waals surface area contributed by atoms with Gasteiger partial charge in [0.15, 0.2) is 0 Å². The fourth-order valence-corrected chi connectivity index (χ4v) is 6.34. The summed E-state index contributed by atoms with van der Waals surface area (Å²) in [5.74, 6) is -2.36. The highest BCUT2D eigenvalue weighted by molar-refractivity contribution is 5.87. The summed E-state index contributed by atoms with van der Waals surface area (Å²) >= 11 is 0. The van der Waals surface area contributed by atoms with Gasteiger partial charge in [0.05, 0.1) is 13.2 Å². The molecular weight excluding hydrogens is 717 g/mol. The average Bonchev–Trinajstić information content (AvgIpc) is 3.20. The Morgan fingerprint density at radius 3 is 1.47 bits per heavy atom. The highest BCUT2D eigenvalue weighted by atomic mass is 16.5. The smallest absolute Gasteiger partial charge is 0.328 e. The molecule has 4 N–H and O–H groups in total. The maximum Gasteiger partial charge on any atom is 0.328 e. The van der Waals surface area contributed by atoms with Crippen LogP contribution >= 0.6 is 0 Å². The number of unbranched alkanes of at least 4 members (excludes halogenated alkanes) is 16. The number of allylic oxidation sites excluding steroid dienone is 10. The fraction of sp³-hybridized carbons (Fsp3) is 0.708. The van der Waals surface area contributed by atoms with Gasteiger partial charge < -0.3 is 25.6 Å². The van der Waals surface area contributed by atoms with Gasteiger partial charge >= 0.3 is 11.9 Å². The Labute approximate surface area is 347 Å². The summed E-state index contributed by atoms with van der Waals surface area (Å²) in [7, 11) is 0. The number of rotatable bonds is 40. The number of nitrogens with one attached hydrogen (secondary N) is 2. The maximum atomic E-state index is 12.8. The van der Waals surface area contributed by atoms with Gasteiger partial charge in [-0.15, -0.1) is 0 Å². The summed E-state index contributed by atoms with van der Waals surface area (Å²) in [4.78, 5) is 47.6. The molecule has 57 heavy (non-hydrogen) atoms. The lowest BCUT2D eigenvalue weighted by atomic mass is 10.0. The Morgan fingerprint density at radius 2 is 1.00 bits per heavy atom. The number of ether oxygens (including phenoxy) is 1. The molecule has 0 aromatic heterocycles. The van der Waals surface area contributed by atoms with E-state index in [1.807, 2.05) is 0 Å². The number of aliphatic carboxylic acids is 1. The van der Waals surface area contributed by atoms with Crippen molar-refractivity contribution < 1.29 is 34.1 Å². The monoisotopic (exact) mass is 799 g/mol. The lowest BCUT2D eigenvalue weighted by Crippen LogP contribution is -2.47. The van der Waals surface area contributed by atoms with Crippen LogP contribution in [0.15, 0.2) is 60.8 Å². The molecule has 326 valence electrons. The molecule has 0 aliphatic carbocycles. The van der Waals surface area contributed by atoms with Crippen molar-refractivity contribution in [1.29, 1.82) is 0 Å². The molecule has 9 heteroatoms. The van der Waals surface area contributed by atoms with Gasteiger partial charge in [-0.1, -0.05) is 164 Å². The highest BCUT2D eigenvalue weighted by Gasteiger charge is 2.19. The first-order chi connectivity index (χ1) is 27.8. The summed E-state index contributed by atoms with van der Waals surface area (Å²) < 4.78 is 6.01. The Balaban J connectivity index is 4.41. The van der Waals surface area contributed by atoms with Crippen molar-refractivity contribution in [2.75, 3.05) is 13.2 Å². The summed E-state index contributed by atoms with van der Waals surface area (Å²) in [6.45, 7) is 3.36. The normalized spacial score (nSPS) is 13.0. The second-order valence-electron chi connectivity index (χ2n) is 15.1. The Bertz CT molecular complexity index is 1140. The van der Waals surface area contributed by atoms with Crippen molar-refractivity contribution in [3.63, 3.8) is 0 Å². The van der Waals surface area contributed by atoms with Crippen molar-refractivity contribution in [3.8, 4) is 0 Å². The summed E-state index contributed by atoms with van der Waals surface area (Å²) in [5.41, 5.74) is 0. The van der Waals surface area contributed by atoms with Gasteiger partial charge in [-0.25, -0.2) is 4.79 Å². The van der Waals surface area contributed by atoms with E-state index in [0.717, 1.165) is 89.9 Å². The number of hydrogen-bond acceptors (Lipinski definition) is 6. The third kappa shape index (κ3) is 39.2. The van der Waals surface area contributed by atoms with Gasteiger partial charge in [-0.3, -0.25) is 14.4 Å². The number of carboxylic acids is 1. The molecule has 0 heterocycles. The van der Waals surface area contributed by atoms with Gasteiger partial charge in [0.2, 0.25) is 11.8 Å². The van der Waals surface area contributed by atoms with Crippen LogP contribution in [-0.2, 0) is 23.9 Å². The predicted molar refractivity (Wildman–Crippen MR) is 236 cm³/mol. The minimum atomic E-state index is -1.39. The molecule has 0 aromatic carbocycles. The van der Waals surface area contributed by atoms with Crippen molar-refractivity contribution in [2.45, 2.75) is 206 Å². The second-order valence-corrected chi connectivity index (χ2v) is 15.1. The topological polar surface area (TPSA) is 142 Å². The highest BCUT2D eigenvalue weighted by Crippen LogP contribution is 2.19. The molecule has 2 amide bonds. The predicted octanol–water partition coefficient (Wildman–Crippen LogP) is 11.3. The molecule has 0 radical (unpaired) electrons. The molecule has 0 saturated carbocycles.